The van der Waals surface area contributed by atoms with Gasteiger partial charge in [0.2, 0.25) is 15.9 Å². The zero-order chi connectivity index (χ0) is 21.6. The summed E-state index contributed by atoms with van der Waals surface area (Å²) in [6.45, 7) is 3.99. The van der Waals surface area contributed by atoms with E-state index in [-0.39, 0.29) is 26.0 Å². The van der Waals surface area contributed by atoms with Crippen molar-refractivity contribution in [3.8, 4) is 0 Å². The smallest absolute Gasteiger partial charge is 0.328 e. The molecular weight excluding hydrogens is 420 g/mol. The van der Waals surface area contributed by atoms with Crippen LogP contribution >= 0.6 is 11.6 Å². The number of hydrogen-bond acceptors (Lipinski definition) is 6. The maximum absolute atomic E-state index is 13.0. The lowest BCUT2D eigenvalue weighted by Gasteiger charge is -2.27. The predicted octanol–water partition coefficient (Wildman–Crippen LogP) is 1.49. The van der Waals surface area contributed by atoms with Gasteiger partial charge in [-0.1, -0.05) is 29.8 Å². The zero-order valence-electron chi connectivity index (χ0n) is 16.3. The van der Waals surface area contributed by atoms with Gasteiger partial charge in [-0.25, -0.2) is 17.9 Å². The van der Waals surface area contributed by atoms with E-state index in [0.717, 1.165) is 11.8 Å². The van der Waals surface area contributed by atoms with E-state index in [9.17, 15) is 18.0 Å². The summed E-state index contributed by atoms with van der Waals surface area (Å²) >= 11 is 5.87. The number of carbonyl (C=O) groups is 2. The second-order valence-electron chi connectivity index (χ2n) is 6.79. The molecule has 8 nitrogen and oxygen atoms in total. The van der Waals surface area contributed by atoms with Crippen molar-refractivity contribution in [3.63, 3.8) is 0 Å². The Bertz CT molecular complexity index is 843. The van der Waals surface area contributed by atoms with Gasteiger partial charge in [0.25, 0.3) is 0 Å². The van der Waals surface area contributed by atoms with E-state index in [0.29, 0.717) is 5.02 Å². The Morgan fingerprint density at radius 2 is 2.03 bits per heavy atom. The van der Waals surface area contributed by atoms with Crippen LogP contribution in [0.15, 0.2) is 36.9 Å². The van der Waals surface area contributed by atoms with Crippen LogP contribution in [-0.2, 0) is 35.7 Å². The summed E-state index contributed by atoms with van der Waals surface area (Å²) in [6.07, 6.45) is 2.36. The summed E-state index contributed by atoms with van der Waals surface area (Å²) in [4.78, 5) is 26.5. The van der Waals surface area contributed by atoms with Crippen LogP contribution in [0.25, 0.3) is 0 Å². The third-order valence-electron chi connectivity index (χ3n) is 4.47. The van der Waals surface area contributed by atoms with Gasteiger partial charge in [-0.15, -0.1) is 6.58 Å². The lowest BCUT2D eigenvalue weighted by atomic mass is 10.1. The fraction of sp³-hybridized carbons (Fsp3) is 0.474. The minimum absolute atomic E-state index is 0.0899. The van der Waals surface area contributed by atoms with E-state index < -0.39 is 40.1 Å². The molecule has 0 unspecified atom stereocenters. The number of nitrogens with one attached hydrogen (secondary N) is 1. The van der Waals surface area contributed by atoms with Gasteiger partial charge in [-0.05, 0) is 24.1 Å². The van der Waals surface area contributed by atoms with Gasteiger partial charge in [0.1, 0.15) is 12.1 Å². The second kappa shape index (κ2) is 10.2. The normalized spacial score (nSPS) is 20.3. The van der Waals surface area contributed by atoms with Crippen molar-refractivity contribution in [2.24, 2.45) is 0 Å². The first kappa shape index (κ1) is 23.3. The molecule has 1 amide bonds. The van der Waals surface area contributed by atoms with E-state index >= 15 is 0 Å². The highest BCUT2D eigenvalue weighted by molar-refractivity contribution is 7.88. The van der Waals surface area contributed by atoms with Gasteiger partial charge in [0.05, 0.1) is 26.1 Å². The monoisotopic (exact) mass is 444 g/mol. The summed E-state index contributed by atoms with van der Waals surface area (Å²) in [5.41, 5.74) is 0.900. The van der Waals surface area contributed by atoms with Crippen LogP contribution in [0.5, 0.6) is 0 Å². The lowest BCUT2D eigenvalue weighted by molar-refractivity contribution is -0.151. The number of nitrogens with zero attached hydrogens (tertiary/aromatic N) is 1. The molecule has 29 heavy (non-hydrogen) atoms. The summed E-state index contributed by atoms with van der Waals surface area (Å²) in [6, 6.07) is 5.25. The maximum Gasteiger partial charge on any atom is 0.328 e. The molecule has 1 aromatic rings. The topological polar surface area (TPSA) is 102 Å². The van der Waals surface area contributed by atoms with Gasteiger partial charge in [0.15, 0.2) is 0 Å². The number of rotatable bonds is 9. The van der Waals surface area contributed by atoms with Crippen LogP contribution in [-0.4, -0.2) is 63.3 Å². The first-order valence-electron chi connectivity index (χ1n) is 8.97. The Morgan fingerprint density at radius 1 is 1.38 bits per heavy atom. The molecule has 160 valence electrons. The van der Waals surface area contributed by atoms with Crippen LogP contribution in [0.3, 0.4) is 0 Å². The summed E-state index contributed by atoms with van der Waals surface area (Å²) in [5, 5.41) is 0.615. The van der Waals surface area contributed by atoms with Gasteiger partial charge in [-0.3, -0.25) is 4.79 Å². The van der Waals surface area contributed by atoms with Gasteiger partial charge < -0.3 is 14.4 Å². The molecular formula is C19H25ClN2O6S. The van der Waals surface area contributed by atoms with Crippen molar-refractivity contribution in [3.05, 3.63) is 47.5 Å². The minimum Gasteiger partial charge on any atom is -0.467 e. The molecule has 10 heteroatoms. The molecule has 0 saturated carbocycles. The quantitative estimate of drug-likeness (QED) is 0.457. The van der Waals surface area contributed by atoms with Crippen molar-refractivity contribution in [1.29, 1.82) is 0 Å². The molecule has 1 aromatic carbocycles. The standard InChI is InChI=1S/C19H25ClN2O6S/c1-4-5-16(21-29(3,25)26)18(23)22-11-15(10-17(22)19(24)27-2)28-12-13-6-8-14(20)9-7-13/h4,6-9,15-17,21H,1,5,10-12H2,2-3H3/t15-,16-,17+/m1/s1. The lowest BCUT2D eigenvalue weighted by Crippen LogP contribution is -2.51. The molecule has 0 spiro atoms. The summed E-state index contributed by atoms with van der Waals surface area (Å²) in [7, 11) is -2.39. The fourth-order valence-electron chi connectivity index (χ4n) is 3.14. The average Bonchev–Trinajstić information content (AvgIpc) is 3.09. The number of ether oxygens (including phenoxy) is 2. The molecule has 3 atom stereocenters. The van der Waals surface area contributed by atoms with Crippen LogP contribution in [0.1, 0.15) is 18.4 Å². The highest BCUT2D eigenvalue weighted by Crippen LogP contribution is 2.24. The average molecular weight is 445 g/mol. The molecule has 0 bridgehead atoms. The van der Waals surface area contributed by atoms with E-state index in [2.05, 4.69) is 11.3 Å². The Hall–Kier alpha value is -1.94. The molecule has 1 saturated heterocycles. The zero-order valence-corrected chi connectivity index (χ0v) is 17.9. The van der Waals surface area contributed by atoms with E-state index in [4.69, 9.17) is 21.1 Å². The number of hydrogen-bond donors (Lipinski definition) is 1. The maximum atomic E-state index is 13.0. The molecule has 0 aliphatic carbocycles. The van der Waals surface area contributed by atoms with Crippen LogP contribution in [0.2, 0.25) is 5.02 Å². The molecule has 0 aromatic heterocycles. The third-order valence-corrected chi connectivity index (χ3v) is 5.44. The van der Waals surface area contributed by atoms with Gasteiger partial charge in [0, 0.05) is 18.0 Å². The van der Waals surface area contributed by atoms with E-state index in [1.165, 1.54) is 18.1 Å². The first-order valence-corrected chi connectivity index (χ1v) is 11.2. The van der Waals surface area contributed by atoms with E-state index in [1.54, 1.807) is 12.1 Å². The summed E-state index contributed by atoms with van der Waals surface area (Å²) in [5.74, 6) is -1.10. The highest BCUT2D eigenvalue weighted by atomic mass is 35.5. The second-order valence-corrected chi connectivity index (χ2v) is 9.01. The Kier molecular flexibility index (Phi) is 8.21. The van der Waals surface area contributed by atoms with Gasteiger partial charge in [-0.2, -0.15) is 0 Å². The SMILES string of the molecule is C=CC[C@@H](NS(C)(=O)=O)C(=O)N1C[C@H](OCc2ccc(Cl)cc2)C[C@H]1C(=O)OC. The molecule has 2 rings (SSSR count). The molecule has 1 aliphatic heterocycles. The molecule has 1 aliphatic rings. The molecule has 1 N–H and O–H groups in total. The van der Waals surface area contributed by atoms with Gasteiger partial charge >= 0.3 is 5.97 Å². The van der Waals surface area contributed by atoms with E-state index in [1.807, 2.05) is 12.1 Å². The van der Waals surface area contributed by atoms with Crippen LogP contribution in [0, 0.1) is 0 Å². The van der Waals surface area contributed by atoms with Crippen LogP contribution < -0.4 is 4.72 Å². The molecule has 0 radical (unpaired) electrons. The number of halogens is 1. The highest BCUT2D eigenvalue weighted by Gasteiger charge is 2.43. The van der Waals surface area contributed by atoms with Crippen molar-refractivity contribution in [1.82, 2.24) is 9.62 Å². The number of amides is 1. The minimum atomic E-state index is -3.63. The third kappa shape index (κ3) is 6.81. The van der Waals surface area contributed by atoms with Crippen molar-refractivity contribution < 1.29 is 27.5 Å². The van der Waals surface area contributed by atoms with Crippen molar-refractivity contribution in [2.75, 3.05) is 19.9 Å². The van der Waals surface area contributed by atoms with Crippen molar-refractivity contribution >= 4 is 33.5 Å². The number of benzene rings is 1. The number of esters is 1. The predicted molar refractivity (Wildman–Crippen MR) is 109 cm³/mol. The van der Waals surface area contributed by atoms with Crippen molar-refractivity contribution in [2.45, 2.75) is 37.6 Å². The first-order chi connectivity index (χ1) is 13.6. The number of carbonyl (C=O) groups excluding carboxylic acids is 2. The summed E-state index contributed by atoms with van der Waals surface area (Å²) < 4.78 is 36.2. The van der Waals surface area contributed by atoms with Crippen LogP contribution in [0.4, 0.5) is 0 Å². The molecule has 1 fully saturated rings. The number of sulfonamides is 1. The molecule has 1 heterocycles. The largest absolute Gasteiger partial charge is 0.467 e. The Balaban J connectivity index is 2.12. The Labute approximate surface area is 175 Å². The Morgan fingerprint density at radius 3 is 2.59 bits per heavy atom. The number of likely N-dealkylation sites (tertiary alicyclic amines) is 1. The number of methoxy groups -OCH3 is 1. The fourth-order valence-corrected chi connectivity index (χ4v) is 3.98.